The van der Waals surface area contributed by atoms with Crippen molar-refractivity contribution >= 4 is 5.69 Å². The first kappa shape index (κ1) is 13.5. The Morgan fingerprint density at radius 1 is 1.05 bits per heavy atom. The third-order valence-electron chi connectivity index (χ3n) is 2.90. The monoisotopic (exact) mass is 255 g/mol. The van der Waals surface area contributed by atoms with E-state index in [0.29, 0.717) is 0 Å². The van der Waals surface area contributed by atoms with Crippen LogP contribution in [-0.4, -0.2) is 6.10 Å². The van der Waals surface area contributed by atoms with Crippen LogP contribution in [0.1, 0.15) is 25.0 Å². The summed E-state index contributed by atoms with van der Waals surface area (Å²) in [6, 6.07) is 16.5. The highest BCUT2D eigenvalue weighted by atomic mass is 16.5. The smallest absolute Gasteiger partial charge is 0.120 e. The largest absolute Gasteiger partial charge is 0.491 e. The second kappa shape index (κ2) is 6.28. The van der Waals surface area contributed by atoms with Crippen LogP contribution in [0.15, 0.2) is 48.5 Å². The molecular formula is C17H21NO. The molecule has 0 aliphatic carbocycles. The van der Waals surface area contributed by atoms with Crippen LogP contribution in [-0.2, 0) is 6.54 Å². The summed E-state index contributed by atoms with van der Waals surface area (Å²) < 4.78 is 5.70. The van der Waals surface area contributed by atoms with Gasteiger partial charge in [0, 0.05) is 12.2 Å². The van der Waals surface area contributed by atoms with Crippen molar-refractivity contribution in [2.75, 3.05) is 5.32 Å². The highest BCUT2D eigenvalue weighted by Gasteiger charge is 2.00. The molecule has 0 fully saturated rings. The molecule has 0 saturated carbocycles. The fraction of sp³-hybridized carbons (Fsp3) is 0.294. The number of hydrogen-bond acceptors (Lipinski definition) is 2. The van der Waals surface area contributed by atoms with Crippen LogP contribution in [0.3, 0.4) is 0 Å². The number of para-hydroxylation sites is 1. The fourth-order valence-electron chi connectivity index (χ4n) is 1.97. The summed E-state index contributed by atoms with van der Waals surface area (Å²) in [5.74, 6) is 0.930. The summed E-state index contributed by atoms with van der Waals surface area (Å²) in [6.07, 6.45) is 0.208. The van der Waals surface area contributed by atoms with Gasteiger partial charge in [-0.05, 0) is 50.1 Å². The van der Waals surface area contributed by atoms with Crippen LogP contribution in [0.4, 0.5) is 5.69 Å². The van der Waals surface area contributed by atoms with E-state index in [-0.39, 0.29) is 6.10 Å². The van der Waals surface area contributed by atoms with E-state index >= 15 is 0 Å². The van der Waals surface area contributed by atoms with Crippen LogP contribution in [0.2, 0.25) is 0 Å². The maximum Gasteiger partial charge on any atom is 0.120 e. The van der Waals surface area contributed by atoms with Gasteiger partial charge in [0.25, 0.3) is 0 Å². The molecule has 0 bridgehead atoms. The Hall–Kier alpha value is -1.96. The first-order chi connectivity index (χ1) is 9.15. The summed E-state index contributed by atoms with van der Waals surface area (Å²) in [5, 5.41) is 3.45. The molecule has 0 atom stereocenters. The molecule has 0 aromatic heterocycles. The maximum absolute atomic E-state index is 5.70. The number of hydrogen-bond donors (Lipinski definition) is 1. The van der Waals surface area contributed by atoms with Crippen LogP contribution >= 0.6 is 0 Å². The zero-order valence-electron chi connectivity index (χ0n) is 11.8. The normalized spacial score (nSPS) is 10.5. The number of anilines is 1. The number of nitrogens with one attached hydrogen (secondary N) is 1. The van der Waals surface area contributed by atoms with Gasteiger partial charge in [-0.1, -0.05) is 30.3 Å². The van der Waals surface area contributed by atoms with Crippen molar-refractivity contribution in [2.24, 2.45) is 0 Å². The second-order valence-corrected chi connectivity index (χ2v) is 4.98. The van der Waals surface area contributed by atoms with Crippen molar-refractivity contribution in [3.05, 3.63) is 59.7 Å². The Morgan fingerprint density at radius 2 is 1.84 bits per heavy atom. The van der Waals surface area contributed by atoms with Gasteiger partial charge in [0.1, 0.15) is 5.75 Å². The predicted octanol–water partition coefficient (Wildman–Crippen LogP) is 4.39. The fourth-order valence-corrected chi connectivity index (χ4v) is 1.97. The average molecular weight is 255 g/mol. The van der Waals surface area contributed by atoms with E-state index in [9.17, 15) is 0 Å². The Labute approximate surface area is 115 Å². The van der Waals surface area contributed by atoms with Crippen LogP contribution in [0.5, 0.6) is 5.75 Å². The van der Waals surface area contributed by atoms with Crippen LogP contribution in [0.25, 0.3) is 0 Å². The Balaban J connectivity index is 2.02. The quantitative estimate of drug-likeness (QED) is 0.855. The topological polar surface area (TPSA) is 21.3 Å². The third kappa shape index (κ3) is 4.02. The molecular weight excluding hydrogens is 234 g/mol. The third-order valence-corrected chi connectivity index (χ3v) is 2.90. The second-order valence-electron chi connectivity index (χ2n) is 4.98. The van der Waals surface area contributed by atoms with E-state index in [1.807, 2.05) is 32.0 Å². The van der Waals surface area contributed by atoms with E-state index in [1.165, 1.54) is 16.8 Å². The van der Waals surface area contributed by atoms with E-state index in [4.69, 9.17) is 4.74 Å². The highest BCUT2D eigenvalue weighted by Crippen LogP contribution is 2.18. The van der Waals surface area contributed by atoms with Crippen LogP contribution in [0, 0.1) is 6.92 Å². The molecule has 0 aliphatic rings. The highest BCUT2D eigenvalue weighted by molar-refractivity contribution is 5.50. The van der Waals surface area contributed by atoms with Gasteiger partial charge >= 0.3 is 0 Å². The van der Waals surface area contributed by atoms with Crippen molar-refractivity contribution in [1.29, 1.82) is 0 Å². The average Bonchev–Trinajstić information content (AvgIpc) is 2.37. The molecule has 0 aliphatic heterocycles. The molecule has 1 N–H and O–H groups in total. The molecule has 2 aromatic carbocycles. The summed E-state index contributed by atoms with van der Waals surface area (Å²) in [7, 11) is 0. The van der Waals surface area contributed by atoms with E-state index < -0.39 is 0 Å². The lowest BCUT2D eigenvalue weighted by atomic mass is 10.1. The Kier molecular flexibility index (Phi) is 4.45. The molecule has 2 heteroatoms. The van der Waals surface area contributed by atoms with Crippen molar-refractivity contribution < 1.29 is 4.74 Å². The van der Waals surface area contributed by atoms with Crippen molar-refractivity contribution in [2.45, 2.75) is 33.4 Å². The molecule has 0 heterocycles. The van der Waals surface area contributed by atoms with E-state index in [0.717, 1.165) is 12.3 Å². The van der Waals surface area contributed by atoms with Gasteiger partial charge in [0.15, 0.2) is 0 Å². The van der Waals surface area contributed by atoms with Gasteiger partial charge in [-0.25, -0.2) is 0 Å². The van der Waals surface area contributed by atoms with E-state index in [2.05, 4.69) is 42.6 Å². The summed E-state index contributed by atoms with van der Waals surface area (Å²) in [6.45, 7) is 7.00. The molecule has 0 spiro atoms. The van der Waals surface area contributed by atoms with Gasteiger partial charge in [0.2, 0.25) is 0 Å². The summed E-state index contributed by atoms with van der Waals surface area (Å²) in [4.78, 5) is 0. The number of rotatable bonds is 5. The molecule has 0 saturated heterocycles. The minimum absolute atomic E-state index is 0.208. The first-order valence-corrected chi connectivity index (χ1v) is 6.70. The summed E-state index contributed by atoms with van der Waals surface area (Å²) >= 11 is 0. The lowest BCUT2D eigenvalue weighted by Gasteiger charge is -2.12. The zero-order chi connectivity index (χ0) is 13.7. The van der Waals surface area contributed by atoms with Gasteiger partial charge in [-0.15, -0.1) is 0 Å². The van der Waals surface area contributed by atoms with Crippen molar-refractivity contribution in [1.82, 2.24) is 0 Å². The zero-order valence-corrected chi connectivity index (χ0v) is 11.8. The van der Waals surface area contributed by atoms with Gasteiger partial charge in [-0.2, -0.15) is 0 Å². The minimum atomic E-state index is 0.208. The molecule has 0 amide bonds. The SMILES string of the molecule is Cc1ccccc1NCc1cccc(OC(C)C)c1. The van der Waals surface area contributed by atoms with E-state index in [1.54, 1.807) is 0 Å². The van der Waals surface area contributed by atoms with Gasteiger partial charge < -0.3 is 10.1 Å². The molecule has 0 unspecified atom stereocenters. The van der Waals surface area contributed by atoms with Crippen molar-refractivity contribution in [3.63, 3.8) is 0 Å². The first-order valence-electron chi connectivity index (χ1n) is 6.70. The van der Waals surface area contributed by atoms with Gasteiger partial charge in [0.05, 0.1) is 6.10 Å². The molecule has 2 nitrogen and oxygen atoms in total. The van der Waals surface area contributed by atoms with Gasteiger partial charge in [-0.3, -0.25) is 0 Å². The number of ether oxygens (including phenoxy) is 1. The molecule has 2 aromatic rings. The van der Waals surface area contributed by atoms with Crippen molar-refractivity contribution in [3.8, 4) is 5.75 Å². The maximum atomic E-state index is 5.70. The lowest BCUT2D eigenvalue weighted by Crippen LogP contribution is -2.06. The number of aryl methyl sites for hydroxylation is 1. The predicted molar refractivity (Wildman–Crippen MR) is 80.7 cm³/mol. The summed E-state index contributed by atoms with van der Waals surface area (Å²) in [5.41, 5.74) is 3.66. The Morgan fingerprint density at radius 3 is 2.58 bits per heavy atom. The Bertz CT molecular complexity index is 534. The number of benzene rings is 2. The minimum Gasteiger partial charge on any atom is -0.491 e. The molecule has 2 rings (SSSR count). The molecule has 0 radical (unpaired) electrons. The molecule has 100 valence electrons. The lowest BCUT2D eigenvalue weighted by molar-refractivity contribution is 0.242. The standard InChI is InChI=1S/C17H21NO/c1-13(2)19-16-9-6-8-15(11-16)12-18-17-10-5-4-7-14(17)3/h4-11,13,18H,12H2,1-3H3. The molecule has 19 heavy (non-hydrogen) atoms. The van der Waals surface area contributed by atoms with Crippen LogP contribution < -0.4 is 10.1 Å².